The number of piperazine rings is 1. The molecule has 5 heteroatoms. The molecule has 0 saturated carbocycles. The van der Waals surface area contributed by atoms with Crippen molar-refractivity contribution in [3.05, 3.63) is 18.1 Å². The summed E-state index contributed by atoms with van der Waals surface area (Å²) in [5.74, 6) is 0.749. The van der Waals surface area contributed by atoms with E-state index in [1.54, 1.807) is 12.4 Å². The average Bonchev–Trinajstić information content (AvgIpc) is 2.80. The fraction of sp³-hybridized carbons (Fsp3) is 0.615. The average molecular weight is 243 g/mol. The number of hydrogen-bond donors (Lipinski definition) is 0. The van der Waals surface area contributed by atoms with E-state index in [-0.39, 0.29) is 0 Å². The van der Waals surface area contributed by atoms with Gasteiger partial charge in [0.25, 0.3) is 0 Å². The van der Waals surface area contributed by atoms with Crippen LogP contribution in [0.15, 0.2) is 12.4 Å². The molecule has 94 valence electrons. The first-order valence-corrected chi connectivity index (χ1v) is 6.51. The van der Waals surface area contributed by atoms with E-state index < -0.39 is 0 Å². The summed E-state index contributed by atoms with van der Waals surface area (Å²) < 4.78 is 0. The predicted molar refractivity (Wildman–Crippen MR) is 68.2 cm³/mol. The third-order valence-corrected chi connectivity index (χ3v) is 4.10. The monoisotopic (exact) mass is 243 g/mol. The van der Waals surface area contributed by atoms with Gasteiger partial charge in [0, 0.05) is 44.1 Å². The number of fused-ring (bicyclic) bond motifs is 1. The Kier molecular flexibility index (Phi) is 2.88. The van der Waals surface area contributed by atoms with Crippen molar-refractivity contribution in [2.75, 3.05) is 24.5 Å². The lowest BCUT2D eigenvalue weighted by molar-refractivity contribution is 0.184. The molecule has 3 heterocycles. The SMILES string of the molecule is CC1CCC2CN(c3nccnc3C#N)CCN12. The maximum atomic E-state index is 9.09. The van der Waals surface area contributed by atoms with Gasteiger partial charge >= 0.3 is 0 Å². The lowest BCUT2D eigenvalue weighted by atomic mass is 10.1. The van der Waals surface area contributed by atoms with Crippen molar-refractivity contribution < 1.29 is 0 Å². The van der Waals surface area contributed by atoms with Crippen LogP contribution in [0.2, 0.25) is 0 Å². The van der Waals surface area contributed by atoms with Gasteiger partial charge in [-0.05, 0) is 19.8 Å². The van der Waals surface area contributed by atoms with Crippen LogP contribution in [0.3, 0.4) is 0 Å². The van der Waals surface area contributed by atoms with Gasteiger partial charge in [0.1, 0.15) is 6.07 Å². The molecule has 0 bridgehead atoms. The zero-order valence-electron chi connectivity index (χ0n) is 10.6. The molecule has 2 atom stereocenters. The highest BCUT2D eigenvalue weighted by Crippen LogP contribution is 2.29. The molecule has 3 rings (SSSR count). The molecule has 2 aliphatic rings. The number of hydrogen-bond acceptors (Lipinski definition) is 5. The smallest absolute Gasteiger partial charge is 0.183 e. The van der Waals surface area contributed by atoms with Crippen molar-refractivity contribution in [1.82, 2.24) is 14.9 Å². The lowest BCUT2D eigenvalue weighted by Gasteiger charge is -2.39. The van der Waals surface area contributed by atoms with Crippen LogP contribution in [-0.2, 0) is 0 Å². The third kappa shape index (κ3) is 1.83. The molecule has 0 radical (unpaired) electrons. The summed E-state index contributed by atoms with van der Waals surface area (Å²) in [6.45, 7) is 5.28. The first-order chi connectivity index (χ1) is 8.79. The van der Waals surface area contributed by atoms with Gasteiger partial charge in [0.2, 0.25) is 0 Å². The van der Waals surface area contributed by atoms with Gasteiger partial charge < -0.3 is 4.90 Å². The van der Waals surface area contributed by atoms with E-state index >= 15 is 0 Å². The van der Waals surface area contributed by atoms with Gasteiger partial charge in [0.05, 0.1) is 0 Å². The Labute approximate surface area is 107 Å². The highest BCUT2D eigenvalue weighted by molar-refractivity contribution is 5.50. The van der Waals surface area contributed by atoms with Crippen molar-refractivity contribution in [2.45, 2.75) is 31.8 Å². The molecule has 0 aliphatic carbocycles. The van der Waals surface area contributed by atoms with Gasteiger partial charge in [-0.1, -0.05) is 0 Å². The maximum absolute atomic E-state index is 9.09. The van der Waals surface area contributed by atoms with Crippen LogP contribution in [0.1, 0.15) is 25.5 Å². The van der Waals surface area contributed by atoms with E-state index in [1.807, 2.05) is 0 Å². The zero-order chi connectivity index (χ0) is 12.5. The molecule has 18 heavy (non-hydrogen) atoms. The van der Waals surface area contributed by atoms with Crippen LogP contribution in [0.5, 0.6) is 0 Å². The van der Waals surface area contributed by atoms with Crippen LogP contribution in [-0.4, -0.2) is 46.6 Å². The summed E-state index contributed by atoms with van der Waals surface area (Å²) in [5, 5.41) is 9.09. The zero-order valence-corrected chi connectivity index (χ0v) is 10.6. The quantitative estimate of drug-likeness (QED) is 0.737. The van der Waals surface area contributed by atoms with Crippen molar-refractivity contribution in [3.63, 3.8) is 0 Å². The molecule has 5 nitrogen and oxygen atoms in total. The molecule has 2 unspecified atom stereocenters. The summed E-state index contributed by atoms with van der Waals surface area (Å²) in [6, 6.07) is 3.45. The number of nitriles is 1. The number of nitrogens with zero attached hydrogens (tertiary/aromatic N) is 5. The largest absolute Gasteiger partial charge is 0.351 e. The van der Waals surface area contributed by atoms with Crippen molar-refractivity contribution >= 4 is 5.82 Å². The third-order valence-electron chi connectivity index (χ3n) is 4.10. The molecule has 1 aromatic rings. The second kappa shape index (κ2) is 4.54. The fourth-order valence-electron chi connectivity index (χ4n) is 3.14. The van der Waals surface area contributed by atoms with Crippen LogP contribution in [0, 0.1) is 11.3 Å². The molecule has 0 aromatic carbocycles. The molecule has 1 aromatic heterocycles. The summed E-state index contributed by atoms with van der Waals surface area (Å²) in [5.41, 5.74) is 0.442. The molecule has 2 saturated heterocycles. The maximum Gasteiger partial charge on any atom is 0.183 e. The molecule has 2 fully saturated rings. The Balaban J connectivity index is 1.81. The topological polar surface area (TPSA) is 56.1 Å². The highest BCUT2D eigenvalue weighted by atomic mass is 15.3. The molecule has 0 amide bonds. The molecular weight excluding hydrogens is 226 g/mol. The van der Waals surface area contributed by atoms with Gasteiger partial charge in [-0.3, -0.25) is 4.90 Å². The van der Waals surface area contributed by atoms with Crippen LogP contribution >= 0.6 is 0 Å². The summed E-state index contributed by atoms with van der Waals surface area (Å²) >= 11 is 0. The van der Waals surface area contributed by atoms with E-state index in [9.17, 15) is 0 Å². The minimum absolute atomic E-state index is 0.442. The summed E-state index contributed by atoms with van der Waals surface area (Å²) in [7, 11) is 0. The second-order valence-electron chi connectivity index (χ2n) is 5.10. The number of aromatic nitrogens is 2. The van der Waals surface area contributed by atoms with Crippen molar-refractivity contribution in [3.8, 4) is 6.07 Å². The molecular formula is C13H17N5. The fourth-order valence-corrected chi connectivity index (χ4v) is 3.14. The van der Waals surface area contributed by atoms with Crippen molar-refractivity contribution in [1.29, 1.82) is 5.26 Å². The van der Waals surface area contributed by atoms with Gasteiger partial charge in [-0.15, -0.1) is 0 Å². The number of anilines is 1. The van der Waals surface area contributed by atoms with Crippen LogP contribution in [0.25, 0.3) is 0 Å². The Hall–Kier alpha value is -1.67. The van der Waals surface area contributed by atoms with Gasteiger partial charge in [0.15, 0.2) is 11.5 Å². The minimum atomic E-state index is 0.442. The normalized spacial score (nSPS) is 27.9. The number of rotatable bonds is 1. The standard InChI is InChI=1S/C13H17N5/c1-10-2-3-11-9-17(6-7-18(10)11)13-12(8-14)15-4-5-16-13/h4-5,10-11H,2-3,6-7,9H2,1H3. The van der Waals surface area contributed by atoms with Gasteiger partial charge in [-0.25, -0.2) is 9.97 Å². The van der Waals surface area contributed by atoms with Crippen LogP contribution in [0.4, 0.5) is 5.82 Å². The first-order valence-electron chi connectivity index (χ1n) is 6.51. The predicted octanol–water partition coefficient (Wildman–Crippen LogP) is 1.02. The Morgan fingerprint density at radius 3 is 2.94 bits per heavy atom. The lowest BCUT2D eigenvalue weighted by Crippen LogP contribution is -2.52. The summed E-state index contributed by atoms with van der Waals surface area (Å²) in [4.78, 5) is 13.2. The Morgan fingerprint density at radius 2 is 2.11 bits per heavy atom. The van der Waals surface area contributed by atoms with E-state index in [0.29, 0.717) is 17.8 Å². The summed E-state index contributed by atoms with van der Waals surface area (Å²) in [6.07, 6.45) is 5.78. The molecule has 2 aliphatic heterocycles. The minimum Gasteiger partial charge on any atom is -0.351 e. The Bertz CT molecular complexity index is 481. The van der Waals surface area contributed by atoms with E-state index in [4.69, 9.17) is 5.26 Å². The highest BCUT2D eigenvalue weighted by Gasteiger charge is 2.35. The van der Waals surface area contributed by atoms with E-state index in [1.165, 1.54) is 12.8 Å². The molecule has 0 spiro atoms. The molecule has 0 N–H and O–H groups in total. The van der Waals surface area contributed by atoms with E-state index in [2.05, 4.69) is 32.8 Å². The van der Waals surface area contributed by atoms with Crippen molar-refractivity contribution in [2.24, 2.45) is 0 Å². The second-order valence-corrected chi connectivity index (χ2v) is 5.10. The van der Waals surface area contributed by atoms with Gasteiger partial charge in [-0.2, -0.15) is 5.26 Å². The first kappa shape index (κ1) is 11.4. The van der Waals surface area contributed by atoms with E-state index in [0.717, 1.165) is 25.5 Å². The Morgan fingerprint density at radius 1 is 1.28 bits per heavy atom. The van der Waals surface area contributed by atoms with Crippen LogP contribution < -0.4 is 4.90 Å².